The van der Waals surface area contributed by atoms with Gasteiger partial charge in [-0.2, -0.15) is 0 Å². The van der Waals surface area contributed by atoms with Crippen molar-refractivity contribution < 1.29 is 24.0 Å². The molecular weight excluding hydrogens is 358 g/mol. The van der Waals surface area contributed by atoms with Gasteiger partial charge in [-0.1, -0.05) is 12.1 Å². The second-order valence-electron chi connectivity index (χ2n) is 7.37. The normalized spacial score (nSPS) is 16.9. The van der Waals surface area contributed by atoms with Gasteiger partial charge >= 0.3 is 5.97 Å². The average molecular weight is 391 g/mol. The van der Waals surface area contributed by atoms with E-state index in [0.717, 1.165) is 10.5 Å². The van der Waals surface area contributed by atoms with Gasteiger partial charge in [-0.25, -0.2) is 0 Å². The highest BCUT2D eigenvalue weighted by Crippen LogP contribution is 2.19. The standard InChI is InChI=1S/C21H31N3O4/c1-5-28-21(27)18-10-12-24(13-11-18)20(26)15(2)23(4)14-16-6-8-17(9-7-16)19(25)22-3/h6-9,15,18H,5,10-14H2,1-4H3,(H,22,25)/p+1/t15-/m1/s1. The fourth-order valence-electron chi connectivity index (χ4n) is 3.47. The molecule has 28 heavy (non-hydrogen) atoms. The Morgan fingerprint density at radius 3 is 2.36 bits per heavy atom. The monoisotopic (exact) mass is 390 g/mol. The molecule has 1 aromatic rings. The maximum absolute atomic E-state index is 12.9. The van der Waals surface area contributed by atoms with E-state index < -0.39 is 0 Å². The smallest absolute Gasteiger partial charge is 0.309 e. The number of likely N-dealkylation sites (tertiary alicyclic amines) is 1. The molecule has 1 aliphatic heterocycles. The molecule has 1 aromatic carbocycles. The number of ether oxygens (including phenoxy) is 1. The molecule has 7 heteroatoms. The molecule has 2 rings (SSSR count). The van der Waals surface area contributed by atoms with E-state index in [2.05, 4.69) is 5.32 Å². The van der Waals surface area contributed by atoms with Gasteiger partial charge in [0.15, 0.2) is 6.04 Å². The number of nitrogens with one attached hydrogen (secondary N) is 2. The van der Waals surface area contributed by atoms with Crippen molar-refractivity contribution >= 4 is 17.8 Å². The largest absolute Gasteiger partial charge is 0.466 e. The average Bonchev–Trinajstić information content (AvgIpc) is 2.72. The van der Waals surface area contributed by atoms with E-state index in [0.29, 0.717) is 44.6 Å². The Kier molecular flexibility index (Phi) is 7.99. The van der Waals surface area contributed by atoms with Crippen molar-refractivity contribution in [3.63, 3.8) is 0 Å². The van der Waals surface area contributed by atoms with Crippen LogP contribution >= 0.6 is 0 Å². The lowest BCUT2D eigenvalue weighted by atomic mass is 9.96. The topological polar surface area (TPSA) is 80.2 Å². The third-order valence-corrected chi connectivity index (χ3v) is 5.46. The van der Waals surface area contributed by atoms with Crippen molar-refractivity contribution in [3.05, 3.63) is 35.4 Å². The van der Waals surface area contributed by atoms with Crippen LogP contribution in [0.2, 0.25) is 0 Å². The number of piperidine rings is 1. The molecule has 1 heterocycles. The van der Waals surface area contributed by atoms with Crippen molar-refractivity contribution in [1.29, 1.82) is 0 Å². The Bertz CT molecular complexity index is 681. The maximum atomic E-state index is 12.9. The zero-order chi connectivity index (χ0) is 20.7. The first-order chi connectivity index (χ1) is 13.4. The van der Waals surface area contributed by atoms with Crippen LogP contribution < -0.4 is 10.2 Å². The molecule has 0 spiro atoms. The highest BCUT2D eigenvalue weighted by atomic mass is 16.5. The van der Waals surface area contributed by atoms with Crippen LogP contribution in [0, 0.1) is 5.92 Å². The predicted octanol–water partition coefficient (Wildman–Crippen LogP) is 0.251. The predicted molar refractivity (Wildman–Crippen MR) is 106 cm³/mol. The van der Waals surface area contributed by atoms with E-state index in [-0.39, 0.29) is 29.7 Å². The number of rotatable bonds is 7. The van der Waals surface area contributed by atoms with Gasteiger partial charge in [-0.05, 0) is 38.8 Å². The lowest BCUT2D eigenvalue weighted by molar-refractivity contribution is -0.908. The van der Waals surface area contributed by atoms with Gasteiger partial charge in [0.1, 0.15) is 6.54 Å². The summed E-state index contributed by atoms with van der Waals surface area (Å²) in [6, 6.07) is 7.27. The van der Waals surface area contributed by atoms with E-state index in [1.807, 2.05) is 37.9 Å². The van der Waals surface area contributed by atoms with Gasteiger partial charge in [0, 0.05) is 31.3 Å². The van der Waals surface area contributed by atoms with Crippen LogP contribution in [0.4, 0.5) is 0 Å². The Morgan fingerprint density at radius 2 is 1.82 bits per heavy atom. The van der Waals surface area contributed by atoms with Crippen LogP contribution in [-0.2, 0) is 20.9 Å². The minimum atomic E-state index is -0.183. The summed E-state index contributed by atoms with van der Waals surface area (Å²) in [4.78, 5) is 39.3. The van der Waals surface area contributed by atoms with Gasteiger partial charge < -0.3 is 19.9 Å². The molecule has 1 saturated heterocycles. The SMILES string of the molecule is CCOC(=O)C1CCN(C(=O)[C@@H](C)[NH+](C)Cc2ccc(C(=O)NC)cc2)CC1. The van der Waals surface area contributed by atoms with E-state index in [4.69, 9.17) is 4.74 Å². The van der Waals surface area contributed by atoms with Crippen LogP contribution in [0.5, 0.6) is 0 Å². The third kappa shape index (κ3) is 5.55. The maximum Gasteiger partial charge on any atom is 0.309 e. The van der Waals surface area contributed by atoms with Crippen LogP contribution in [0.1, 0.15) is 42.6 Å². The number of hydrogen-bond acceptors (Lipinski definition) is 4. The van der Waals surface area contributed by atoms with Gasteiger partial charge in [0.05, 0.1) is 19.6 Å². The third-order valence-electron chi connectivity index (χ3n) is 5.46. The number of hydrogen-bond donors (Lipinski definition) is 2. The summed E-state index contributed by atoms with van der Waals surface area (Å²) in [5, 5.41) is 2.60. The highest BCUT2D eigenvalue weighted by molar-refractivity contribution is 5.93. The molecule has 2 N–H and O–H groups in total. The van der Waals surface area contributed by atoms with Crippen molar-refractivity contribution in [2.24, 2.45) is 5.92 Å². The lowest BCUT2D eigenvalue weighted by Crippen LogP contribution is -3.12. The number of benzene rings is 1. The minimum absolute atomic E-state index is 0.0942. The summed E-state index contributed by atoms with van der Waals surface area (Å²) in [5.74, 6) is -0.238. The molecule has 1 aliphatic rings. The number of quaternary nitrogens is 1. The molecule has 0 saturated carbocycles. The number of esters is 1. The van der Waals surface area contributed by atoms with Crippen LogP contribution in [0.3, 0.4) is 0 Å². The van der Waals surface area contributed by atoms with E-state index >= 15 is 0 Å². The molecule has 0 bridgehead atoms. The van der Waals surface area contributed by atoms with E-state index in [9.17, 15) is 14.4 Å². The van der Waals surface area contributed by atoms with Gasteiger partial charge in [-0.15, -0.1) is 0 Å². The van der Waals surface area contributed by atoms with Crippen LogP contribution in [0.25, 0.3) is 0 Å². The first-order valence-corrected chi connectivity index (χ1v) is 9.96. The molecule has 0 aliphatic carbocycles. The Morgan fingerprint density at radius 1 is 1.21 bits per heavy atom. The molecule has 7 nitrogen and oxygen atoms in total. The summed E-state index contributed by atoms with van der Waals surface area (Å²) < 4.78 is 5.09. The Labute approximate surface area is 167 Å². The molecule has 1 fully saturated rings. The van der Waals surface area contributed by atoms with Gasteiger partial charge in [-0.3, -0.25) is 14.4 Å². The van der Waals surface area contributed by atoms with Gasteiger partial charge in [0.2, 0.25) is 0 Å². The fourth-order valence-corrected chi connectivity index (χ4v) is 3.47. The minimum Gasteiger partial charge on any atom is -0.466 e. The van der Waals surface area contributed by atoms with Crippen LogP contribution in [0.15, 0.2) is 24.3 Å². The van der Waals surface area contributed by atoms with Gasteiger partial charge in [0.25, 0.3) is 11.8 Å². The number of carbonyl (C=O) groups excluding carboxylic acids is 3. The molecule has 0 aromatic heterocycles. The second kappa shape index (κ2) is 10.2. The van der Waals surface area contributed by atoms with Crippen molar-refractivity contribution in [2.45, 2.75) is 39.3 Å². The summed E-state index contributed by atoms with van der Waals surface area (Å²) in [5.41, 5.74) is 1.70. The van der Waals surface area contributed by atoms with Crippen LogP contribution in [-0.4, -0.2) is 62.5 Å². The van der Waals surface area contributed by atoms with Crippen molar-refractivity contribution in [1.82, 2.24) is 10.2 Å². The fraction of sp³-hybridized carbons (Fsp3) is 0.571. The zero-order valence-corrected chi connectivity index (χ0v) is 17.3. The molecule has 154 valence electrons. The first kappa shape index (κ1) is 21.9. The first-order valence-electron chi connectivity index (χ1n) is 9.96. The molecule has 2 atom stereocenters. The zero-order valence-electron chi connectivity index (χ0n) is 17.3. The molecular formula is C21H32N3O4+. The number of carbonyl (C=O) groups is 3. The second-order valence-corrected chi connectivity index (χ2v) is 7.37. The highest BCUT2D eigenvalue weighted by Gasteiger charge is 2.32. The van der Waals surface area contributed by atoms with E-state index in [1.54, 1.807) is 19.2 Å². The Balaban J connectivity index is 1.87. The lowest BCUT2D eigenvalue weighted by Gasteiger charge is -2.33. The number of amides is 2. The summed E-state index contributed by atoms with van der Waals surface area (Å²) >= 11 is 0. The number of likely N-dealkylation sites (N-methyl/N-ethyl adjacent to an activating group) is 1. The summed E-state index contributed by atoms with van der Waals surface area (Å²) in [6.45, 7) is 6.03. The molecule has 0 radical (unpaired) electrons. The van der Waals surface area contributed by atoms with Crippen molar-refractivity contribution in [2.75, 3.05) is 33.8 Å². The molecule has 2 amide bonds. The summed E-state index contributed by atoms with van der Waals surface area (Å²) in [6.07, 6.45) is 1.33. The summed E-state index contributed by atoms with van der Waals surface area (Å²) in [7, 11) is 3.61. The van der Waals surface area contributed by atoms with Crippen molar-refractivity contribution in [3.8, 4) is 0 Å². The number of nitrogens with zero attached hydrogens (tertiary/aromatic N) is 1. The molecule has 1 unspecified atom stereocenters. The Hall–Kier alpha value is -2.41. The van der Waals surface area contributed by atoms with E-state index in [1.165, 1.54) is 0 Å². The quantitative estimate of drug-likeness (QED) is 0.654.